The Morgan fingerprint density at radius 3 is 1.79 bits per heavy atom. The summed E-state index contributed by atoms with van der Waals surface area (Å²) in [6.45, 7) is 19.8. The Balaban J connectivity index is -0.000000280. The van der Waals surface area contributed by atoms with Crippen LogP contribution in [0.3, 0.4) is 0 Å². The molecule has 0 aliphatic carbocycles. The van der Waals surface area contributed by atoms with E-state index in [1.807, 2.05) is 6.92 Å². The molecule has 0 saturated heterocycles. The predicted octanol–water partition coefficient (Wildman–Crippen LogP) is 5.44. The average molecular weight is 419 g/mol. The zero-order valence-electron chi connectivity index (χ0n) is 20.8. The van der Waals surface area contributed by atoms with Crippen molar-refractivity contribution in [2.45, 2.75) is 125 Å². The van der Waals surface area contributed by atoms with Crippen molar-refractivity contribution in [1.82, 2.24) is 0 Å². The third kappa shape index (κ3) is 14.6. The highest BCUT2D eigenvalue weighted by Crippen LogP contribution is 2.30. The molecule has 0 fully saturated rings. The van der Waals surface area contributed by atoms with Crippen LogP contribution in [-0.2, 0) is 11.8 Å². The summed E-state index contributed by atoms with van der Waals surface area (Å²) >= 11 is 0. The first-order valence-corrected chi connectivity index (χ1v) is 10.8. The zero-order valence-corrected chi connectivity index (χ0v) is 20.8. The van der Waals surface area contributed by atoms with Crippen LogP contribution in [0.2, 0.25) is 0 Å². The van der Waals surface area contributed by atoms with Gasteiger partial charge in [-0.2, -0.15) is 0 Å². The van der Waals surface area contributed by atoms with Crippen molar-refractivity contribution in [1.29, 1.82) is 0 Å². The number of aryl methyl sites for hydroxylation is 2. The molecule has 1 aromatic rings. The van der Waals surface area contributed by atoms with Crippen LogP contribution < -0.4 is 0 Å². The molecule has 0 saturated carbocycles. The van der Waals surface area contributed by atoms with Gasteiger partial charge in [-0.15, -0.1) is 0 Å². The summed E-state index contributed by atoms with van der Waals surface area (Å²) in [5.41, 5.74) is 5.23. The van der Waals surface area contributed by atoms with Crippen LogP contribution in [0, 0.1) is 13.8 Å². The Morgan fingerprint density at radius 2 is 1.34 bits per heavy atom. The van der Waals surface area contributed by atoms with E-state index < -0.39 is 5.60 Å². The van der Waals surface area contributed by atoms with Crippen molar-refractivity contribution in [2.75, 3.05) is 0 Å². The van der Waals surface area contributed by atoms with Gasteiger partial charge >= 0.3 is 0 Å². The van der Waals surface area contributed by atoms with E-state index >= 15 is 0 Å². The fourth-order valence-corrected chi connectivity index (χ4v) is 3.33. The molecule has 1 unspecified atom stereocenters. The summed E-state index contributed by atoms with van der Waals surface area (Å²) in [7, 11) is 0. The van der Waals surface area contributed by atoms with E-state index in [0.29, 0.717) is 0 Å². The van der Waals surface area contributed by atoms with Crippen molar-refractivity contribution in [3.8, 4) is 0 Å². The van der Waals surface area contributed by atoms with Crippen LogP contribution in [0.25, 0.3) is 0 Å². The van der Waals surface area contributed by atoms with E-state index in [1.165, 1.54) is 47.9 Å². The maximum atomic E-state index is 10.6. The molecule has 1 atom stereocenters. The molecule has 0 spiro atoms. The molecule has 0 radical (unpaired) electrons. The van der Waals surface area contributed by atoms with Gasteiger partial charge in [-0.05, 0) is 67.7 Å². The van der Waals surface area contributed by atoms with Crippen LogP contribution in [-0.4, -0.2) is 27.1 Å². The van der Waals surface area contributed by atoms with Gasteiger partial charge in [-0.3, -0.25) is 0 Å². The molecule has 178 valence electrons. The van der Waals surface area contributed by atoms with Gasteiger partial charge in [0.15, 0.2) is 0 Å². The highest BCUT2D eigenvalue weighted by molar-refractivity contribution is 5.41. The first-order valence-electron chi connectivity index (χ1n) is 10.8. The van der Waals surface area contributed by atoms with Crippen LogP contribution in [0.4, 0.5) is 0 Å². The summed E-state index contributed by atoms with van der Waals surface area (Å²) in [5.74, 6) is 0. The summed E-state index contributed by atoms with van der Waals surface area (Å²) in [6, 6.07) is 4.66. The maximum absolute atomic E-state index is 10.6. The van der Waals surface area contributed by atoms with Gasteiger partial charge in [0.05, 0.1) is 5.60 Å². The van der Waals surface area contributed by atoms with Gasteiger partial charge in [0, 0.05) is 1.43 Å². The number of rotatable bonds is 8. The molecule has 4 nitrogen and oxygen atoms in total. The standard InChI is InChI=1S/C22H38O.C3H8.3H2O.H2/c1-8-9-10-11-13-22(7,23)14-12-19-15-17(2)18(3)20(16-19)21(4,5)6;1-3-2;;;;/h15-16,23H,8-14H2,1-7H3;3H2,1-2H3;3*1H2;1H. The molecule has 0 aliphatic rings. The van der Waals surface area contributed by atoms with E-state index in [9.17, 15) is 5.11 Å². The summed E-state index contributed by atoms with van der Waals surface area (Å²) in [4.78, 5) is 0. The molecule has 7 N–H and O–H groups in total. The predicted molar refractivity (Wildman–Crippen MR) is 131 cm³/mol. The fraction of sp³-hybridized carbons (Fsp3) is 0.760. The average Bonchev–Trinajstić information content (AvgIpc) is 2.52. The minimum atomic E-state index is -0.533. The molecule has 0 amide bonds. The van der Waals surface area contributed by atoms with Crippen LogP contribution in [0.15, 0.2) is 12.1 Å². The van der Waals surface area contributed by atoms with Crippen molar-refractivity contribution in [3.63, 3.8) is 0 Å². The van der Waals surface area contributed by atoms with Gasteiger partial charge in [0.1, 0.15) is 0 Å². The van der Waals surface area contributed by atoms with Gasteiger partial charge in [-0.1, -0.05) is 85.8 Å². The second-order valence-corrected chi connectivity index (χ2v) is 9.35. The first kappa shape index (κ1) is 35.5. The first-order chi connectivity index (χ1) is 12.0. The molecular weight excluding hydrogens is 364 g/mol. The zero-order chi connectivity index (χ0) is 20.4. The lowest BCUT2D eigenvalue weighted by atomic mass is 9.80. The third-order valence-electron chi connectivity index (χ3n) is 5.06. The summed E-state index contributed by atoms with van der Waals surface area (Å²) in [5, 5.41) is 10.6. The summed E-state index contributed by atoms with van der Waals surface area (Å²) in [6.07, 6.45) is 8.90. The Kier molecular flexibility index (Phi) is 20.6. The third-order valence-corrected chi connectivity index (χ3v) is 5.06. The van der Waals surface area contributed by atoms with E-state index in [4.69, 9.17) is 0 Å². The molecule has 0 heterocycles. The summed E-state index contributed by atoms with van der Waals surface area (Å²) < 4.78 is 0. The Labute approximate surface area is 182 Å². The lowest BCUT2D eigenvalue weighted by Gasteiger charge is -2.26. The number of unbranched alkanes of at least 4 members (excludes halogenated alkanes) is 3. The van der Waals surface area contributed by atoms with Crippen LogP contribution in [0.5, 0.6) is 0 Å². The minimum Gasteiger partial charge on any atom is -0.412 e. The second kappa shape index (κ2) is 16.8. The van der Waals surface area contributed by atoms with Gasteiger partial charge < -0.3 is 21.5 Å². The molecule has 0 bridgehead atoms. The molecule has 4 heteroatoms. The van der Waals surface area contributed by atoms with Crippen LogP contribution >= 0.6 is 0 Å². The van der Waals surface area contributed by atoms with Crippen molar-refractivity contribution < 1.29 is 23.0 Å². The van der Waals surface area contributed by atoms with Crippen molar-refractivity contribution in [3.05, 3.63) is 34.4 Å². The van der Waals surface area contributed by atoms with Gasteiger partial charge in [0.2, 0.25) is 0 Å². The van der Waals surface area contributed by atoms with Crippen LogP contribution in [0.1, 0.15) is 117 Å². The minimum absolute atomic E-state index is 0. The Hall–Kier alpha value is -0.940. The fourth-order valence-electron chi connectivity index (χ4n) is 3.33. The number of hydrogen-bond acceptors (Lipinski definition) is 1. The molecule has 29 heavy (non-hydrogen) atoms. The number of aliphatic hydroxyl groups is 1. The topological polar surface area (TPSA) is 115 Å². The smallest absolute Gasteiger partial charge is 0.0623 e. The second-order valence-electron chi connectivity index (χ2n) is 9.35. The quantitative estimate of drug-likeness (QED) is 0.556. The van der Waals surface area contributed by atoms with Gasteiger partial charge in [0.25, 0.3) is 0 Å². The lowest BCUT2D eigenvalue weighted by Crippen LogP contribution is -2.25. The molecule has 1 rings (SSSR count). The number of hydrogen-bond donors (Lipinski definition) is 1. The Bertz CT molecular complexity index is 523. The maximum Gasteiger partial charge on any atom is 0.0623 e. The molecule has 0 aliphatic heterocycles. The van der Waals surface area contributed by atoms with E-state index in [-0.39, 0.29) is 23.3 Å². The van der Waals surface area contributed by atoms with Crippen molar-refractivity contribution in [2.24, 2.45) is 0 Å². The monoisotopic (exact) mass is 418 g/mol. The normalized spacial score (nSPS) is 12.3. The van der Waals surface area contributed by atoms with E-state index in [0.717, 1.165) is 25.7 Å². The highest BCUT2D eigenvalue weighted by atomic mass is 16.3. The Morgan fingerprint density at radius 1 is 0.828 bits per heavy atom. The molecule has 1 aromatic carbocycles. The largest absolute Gasteiger partial charge is 0.412 e. The van der Waals surface area contributed by atoms with Crippen molar-refractivity contribution >= 4 is 0 Å². The number of benzene rings is 1. The molecular formula is C25H54O4. The van der Waals surface area contributed by atoms with Gasteiger partial charge in [-0.25, -0.2) is 0 Å². The lowest BCUT2D eigenvalue weighted by molar-refractivity contribution is 0.0396. The van der Waals surface area contributed by atoms with E-state index in [1.54, 1.807) is 0 Å². The highest BCUT2D eigenvalue weighted by Gasteiger charge is 2.21. The SMILES string of the molecule is CCC.CCCCCCC(C)(O)CCc1cc(C)c(C)c(C(C)(C)C)c1.O.O.O.[HH]. The molecule has 0 aromatic heterocycles. The van der Waals surface area contributed by atoms with E-state index in [2.05, 4.69) is 67.5 Å².